The second-order valence-electron chi connectivity index (χ2n) is 7.17. The summed E-state index contributed by atoms with van der Waals surface area (Å²) < 4.78 is 19.0. The van der Waals surface area contributed by atoms with Gasteiger partial charge in [0.1, 0.15) is 5.82 Å². The number of amides is 1. The molecule has 0 saturated heterocycles. The van der Waals surface area contributed by atoms with Gasteiger partial charge in [-0.3, -0.25) is 4.90 Å². The molecule has 1 fully saturated rings. The van der Waals surface area contributed by atoms with Gasteiger partial charge >= 0.3 is 6.09 Å². The molecule has 2 N–H and O–H groups in total. The van der Waals surface area contributed by atoms with E-state index in [1.165, 1.54) is 17.7 Å². The average Bonchev–Trinajstić information content (AvgIpc) is 2.66. The van der Waals surface area contributed by atoms with Gasteiger partial charge in [0.05, 0.1) is 12.6 Å². The van der Waals surface area contributed by atoms with Crippen molar-refractivity contribution in [3.8, 4) is 0 Å². The van der Waals surface area contributed by atoms with Crippen molar-refractivity contribution < 1.29 is 13.9 Å². The van der Waals surface area contributed by atoms with E-state index in [1.807, 2.05) is 18.2 Å². The number of benzene rings is 2. The molecule has 0 radical (unpaired) electrons. The number of halogens is 1. The Morgan fingerprint density at radius 2 is 1.92 bits per heavy atom. The fourth-order valence-corrected chi connectivity index (χ4v) is 3.83. The molecule has 1 saturated carbocycles. The Hall–Kier alpha value is -2.40. The molecule has 2 aromatic carbocycles. The van der Waals surface area contributed by atoms with E-state index in [1.54, 1.807) is 17.0 Å². The Labute approximate surface area is 152 Å². The van der Waals surface area contributed by atoms with Crippen LogP contribution in [0.15, 0.2) is 48.5 Å². The normalized spacial score (nSPS) is 24.5. The molecule has 1 heterocycles. The molecule has 5 heteroatoms. The maximum absolute atomic E-state index is 13.4. The van der Waals surface area contributed by atoms with E-state index in [9.17, 15) is 9.18 Å². The summed E-state index contributed by atoms with van der Waals surface area (Å²) >= 11 is 0. The summed E-state index contributed by atoms with van der Waals surface area (Å²) in [5, 5.41) is 0. The Morgan fingerprint density at radius 3 is 2.62 bits per heavy atom. The monoisotopic (exact) mass is 354 g/mol. The molecule has 4 rings (SSSR count). The summed E-state index contributed by atoms with van der Waals surface area (Å²) in [5.74, 6) is -0.0220. The molecule has 0 bridgehead atoms. The van der Waals surface area contributed by atoms with E-state index < -0.39 is 0 Å². The Balaban J connectivity index is 1.60. The lowest BCUT2D eigenvalue weighted by molar-refractivity contribution is 0.0557. The van der Waals surface area contributed by atoms with Crippen molar-refractivity contribution in [2.24, 2.45) is 11.7 Å². The van der Waals surface area contributed by atoms with Crippen LogP contribution in [0.1, 0.15) is 35.6 Å². The Kier molecular flexibility index (Phi) is 4.64. The second-order valence-corrected chi connectivity index (χ2v) is 7.17. The third-order valence-corrected chi connectivity index (χ3v) is 5.60. The lowest BCUT2D eigenvalue weighted by Crippen LogP contribution is -2.45. The molecular formula is C21H23FN2O2. The van der Waals surface area contributed by atoms with Crippen LogP contribution in [0.2, 0.25) is 0 Å². The highest BCUT2D eigenvalue weighted by Gasteiger charge is 2.34. The molecule has 136 valence electrons. The van der Waals surface area contributed by atoms with Crippen molar-refractivity contribution in [1.29, 1.82) is 0 Å². The number of nitrogens with two attached hydrogens (primary N) is 1. The van der Waals surface area contributed by atoms with Crippen molar-refractivity contribution in [1.82, 2.24) is 4.90 Å². The van der Waals surface area contributed by atoms with Crippen LogP contribution in [0.25, 0.3) is 0 Å². The zero-order valence-corrected chi connectivity index (χ0v) is 14.6. The zero-order valence-electron chi connectivity index (χ0n) is 14.6. The molecule has 0 spiro atoms. The molecule has 3 atom stereocenters. The van der Waals surface area contributed by atoms with Gasteiger partial charge in [-0.25, -0.2) is 9.18 Å². The highest BCUT2D eigenvalue weighted by molar-refractivity contribution is 5.70. The number of nitrogens with zero attached hydrogens (tertiary/aromatic N) is 1. The molecular weight excluding hydrogens is 331 g/mol. The maximum atomic E-state index is 13.4. The largest absolute Gasteiger partial charge is 0.449 e. The van der Waals surface area contributed by atoms with E-state index in [0.29, 0.717) is 13.2 Å². The van der Waals surface area contributed by atoms with Gasteiger partial charge in [0.2, 0.25) is 0 Å². The third kappa shape index (κ3) is 3.19. The first-order valence-electron chi connectivity index (χ1n) is 9.15. The summed E-state index contributed by atoms with van der Waals surface area (Å²) in [7, 11) is 0. The SMILES string of the molecule is N[C@H]1CC[C@@H]1COC(=O)N1CCc2ccccc2[C@@H]1c1ccc(F)cc1. The van der Waals surface area contributed by atoms with Crippen LogP contribution < -0.4 is 5.73 Å². The molecule has 1 aliphatic heterocycles. The quantitative estimate of drug-likeness (QED) is 0.915. The minimum atomic E-state index is -0.326. The highest BCUT2D eigenvalue weighted by atomic mass is 19.1. The van der Waals surface area contributed by atoms with Crippen LogP contribution >= 0.6 is 0 Å². The van der Waals surface area contributed by atoms with Gasteiger partial charge in [-0.1, -0.05) is 36.4 Å². The minimum Gasteiger partial charge on any atom is -0.449 e. The lowest BCUT2D eigenvalue weighted by Gasteiger charge is -2.38. The number of carbonyl (C=O) groups excluding carboxylic acids is 1. The van der Waals surface area contributed by atoms with E-state index in [4.69, 9.17) is 10.5 Å². The first kappa shape index (κ1) is 17.0. The molecule has 2 aliphatic rings. The van der Waals surface area contributed by atoms with Gasteiger partial charge in [0, 0.05) is 18.5 Å². The van der Waals surface area contributed by atoms with Crippen LogP contribution in [-0.4, -0.2) is 30.2 Å². The van der Waals surface area contributed by atoms with E-state index >= 15 is 0 Å². The summed E-state index contributed by atoms with van der Waals surface area (Å²) in [5.41, 5.74) is 9.11. The first-order valence-corrected chi connectivity index (χ1v) is 9.15. The molecule has 4 nitrogen and oxygen atoms in total. The van der Waals surface area contributed by atoms with Gasteiger partial charge in [0.15, 0.2) is 0 Å². The number of hydrogen-bond acceptors (Lipinski definition) is 3. The van der Waals surface area contributed by atoms with Crippen molar-refractivity contribution >= 4 is 6.09 Å². The number of fused-ring (bicyclic) bond motifs is 1. The van der Waals surface area contributed by atoms with Crippen LogP contribution in [0, 0.1) is 11.7 Å². The second kappa shape index (κ2) is 7.08. The van der Waals surface area contributed by atoms with Gasteiger partial charge in [-0.2, -0.15) is 0 Å². The number of rotatable bonds is 3. The minimum absolute atomic E-state index is 0.137. The lowest BCUT2D eigenvalue weighted by atomic mass is 9.81. The average molecular weight is 354 g/mol. The van der Waals surface area contributed by atoms with Crippen molar-refractivity contribution in [3.63, 3.8) is 0 Å². The number of carbonyl (C=O) groups is 1. The summed E-state index contributed by atoms with van der Waals surface area (Å²) in [6.07, 6.45) is 2.47. The van der Waals surface area contributed by atoms with Crippen molar-refractivity contribution in [2.75, 3.05) is 13.2 Å². The van der Waals surface area contributed by atoms with E-state index in [0.717, 1.165) is 30.4 Å². The standard InChI is InChI=1S/C21H23FN2O2/c22-17-8-5-15(6-9-17)20-18-4-2-1-3-14(18)11-12-24(20)21(25)26-13-16-7-10-19(16)23/h1-6,8-9,16,19-20H,7,10-13,23H2/t16-,19+,20+/m1/s1. The molecule has 1 amide bonds. The fourth-order valence-electron chi connectivity index (χ4n) is 3.83. The maximum Gasteiger partial charge on any atom is 0.410 e. The summed E-state index contributed by atoms with van der Waals surface area (Å²) in [6.45, 7) is 0.947. The third-order valence-electron chi connectivity index (χ3n) is 5.60. The van der Waals surface area contributed by atoms with Crippen LogP contribution in [0.5, 0.6) is 0 Å². The molecule has 2 aromatic rings. The topological polar surface area (TPSA) is 55.6 Å². The summed E-state index contributed by atoms with van der Waals surface area (Å²) in [6, 6.07) is 14.3. The highest BCUT2D eigenvalue weighted by Crippen LogP contribution is 2.36. The summed E-state index contributed by atoms with van der Waals surface area (Å²) in [4.78, 5) is 14.5. The first-order chi connectivity index (χ1) is 12.6. The van der Waals surface area contributed by atoms with Crippen LogP contribution in [-0.2, 0) is 11.2 Å². The van der Waals surface area contributed by atoms with Gasteiger partial charge < -0.3 is 10.5 Å². The van der Waals surface area contributed by atoms with Crippen LogP contribution in [0.4, 0.5) is 9.18 Å². The van der Waals surface area contributed by atoms with Gasteiger partial charge in [0.25, 0.3) is 0 Å². The van der Waals surface area contributed by atoms with E-state index in [-0.39, 0.29) is 29.9 Å². The predicted octanol–water partition coefficient (Wildman–Crippen LogP) is 3.65. The number of ether oxygens (including phenoxy) is 1. The molecule has 0 unspecified atom stereocenters. The fraction of sp³-hybridized carbons (Fsp3) is 0.381. The smallest absolute Gasteiger partial charge is 0.410 e. The molecule has 1 aliphatic carbocycles. The Bertz CT molecular complexity index is 793. The molecule has 0 aromatic heterocycles. The number of hydrogen-bond donors (Lipinski definition) is 1. The predicted molar refractivity (Wildman–Crippen MR) is 97.1 cm³/mol. The van der Waals surface area contributed by atoms with Crippen molar-refractivity contribution in [2.45, 2.75) is 31.3 Å². The van der Waals surface area contributed by atoms with E-state index in [2.05, 4.69) is 6.07 Å². The van der Waals surface area contributed by atoms with Crippen molar-refractivity contribution in [3.05, 3.63) is 71.0 Å². The van der Waals surface area contributed by atoms with Gasteiger partial charge in [-0.15, -0.1) is 0 Å². The van der Waals surface area contributed by atoms with Gasteiger partial charge in [-0.05, 0) is 48.1 Å². The zero-order chi connectivity index (χ0) is 18.1. The van der Waals surface area contributed by atoms with Crippen LogP contribution in [0.3, 0.4) is 0 Å². The Morgan fingerprint density at radius 1 is 1.15 bits per heavy atom. The molecule has 26 heavy (non-hydrogen) atoms.